The van der Waals surface area contributed by atoms with Crippen molar-refractivity contribution >= 4 is 23.5 Å². The highest BCUT2D eigenvalue weighted by molar-refractivity contribution is 6.30. The van der Waals surface area contributed by atoms with Crippen molar-refractivity contribution in [2.24, 2.45) is 4.99 Å². The van der Waals surface area contributed by atoms with Crippen LogP contribution in [0, 0.1) is 5.82 Å². The van der Waals surface area contributed by atoms with Crippen molar-refractivity contribution < 1.29 is 14.2 Å². The van der Waals surface area contributed by atoms with Crippen molar-refractivity contribution in [1.82, 2.24) is 0 Å². The van der Waals surface area contributed by atoms with Gasteiger partial charge in [-0.2, -0.15) is 0 Å². The fourth-order valence-corrected chi connectivity index (χ4v) is 1.80. The minimum Gasteiger partial charge on any atom is -0.504 e. The Balaban J connectivity index is 2.29. The Kier molecular flexibility index (Phi) is 4.58. The van der Waals surface area contributed by atoms with Crippen LogP contribution in [0.2, 0.25) is 5.02 Å². The van der Waals surface area contributed by atoms with E-state index in [-0.39, 0.29) is 11.4 Å². The molecular weight excluding hydrogens is 281 g/mol. The van der Waals surface area contributed by atoms with Crippen molar-refractivity contribution in [3.63, 3.8) is 0 Å². The Morgan fingerprint density at radius 1 is 1.35 bits per heavy atom. The van der Waals surface area contributed by atoms with Crippen LogP contribution >= 0.6 is 11.6 Å². The minimum atomic E-state index is -0.519. The van der Waals surface area contributed by atoms with E-state index >= 15 is 0 Å². The normalized spacial score (nSPS) is 10.9. The average Bonchev–Trinajstić information content (AvgIpc) is 2.42. The summed E-state index contributed by atoms with van der Waals surface area (Å²) >= 11 is 5.67. The van der Waals surface area contributed by atoms with Crippen molar-refractivity contribution in [3.05, 3.63) is 52.8 Å². The lowest BCUT2D eigenvalue weighted by molar-refractivity contribution is 0.318. The molecule has 3 nitrogen and oxygen atoms in total. The third-order valence-corrected chi connectivity index (χ3v) is 2.82. The Morgan fingerprint density at radius 2 is 2.15 bits per heavy atom. The van der Waals surface area contributed by atoms with Gasteiger partial charge < -0.3 is 9.84 Å². The topological polar surface area (TPSA) is 41.8 Å². The smallest absolute Gasteiger partial charge is 0.166 e. The molecule has 0 unspecified atom stereocenters. The van der Waals surface area contributed by atoms with Crippen molar-refractivity contribution in [2.75, 3.05) is 6.61 Å². The summed E-state index contributed by atoms with van der Waals surface area (Å²) in [6.07, 6.45) is 1.38. The first-order valence-corrected chi connectivity index (χ1v) is 6.43. The third kappa shape index (κ3) is 3.27. The maximum absolute atomic E-state index is 13.6. The maximum atomic E-state index is 13.6. The van der Waals surface area contributed by atoms with Gasteiger partial charge in [-0.05, 0) is 37.3 Å². The lowest BCUT2D eigenvalue weighted by atomic mass is 10.2. The fourth-order valence-electron chi connectivity index (χ4n) is 1.64. The first kappa shape index (κ1) is 14.3. The summed E-state index contributed by atoms with van der Waals surface area (Å²) in [7, 11) is 0. The fraction of sp³-hybridized carbons (Fsp3) is 0.133. The van der Waals surface area contributed by atoms with E-state index in [1.165, 1.54) is 18.3 Å². The number of aliphatic imine (C=N–C) groups is 1. The largest absolute Gasteiger partial charge is 0.504 e. The van der Waals surface area contributed by atoms with Gasteiger partial charge in [0.1, 0.15) is 5.82 Å². The van der Waals surface area contributed by atoms with E-state index in [0.29, 0.717) is 22.9 Å². The SMILES string of the molecule is CCOc1cccc(C=Nc2ccc(Cl)cc2F)c1O. The van der Waals surface area contributed by atoms with Gasteiger partial charge in [-0.25, -0.2) is 4.39 Å². The molecule has 0 radical (unpaired) electrons. The molecule has 0 amide bonds. The quantitative estimate of drug-likeness (QED) is 0.852. The molecular formula is C15H13ClFNO2. The molecule has 0 fully saturated rings. The highest BCUT2D eigenvalue weighted by Gasteiger charge is 2.06. The first-order valence-electron chi connectivity index (χ1n) is 6.05. The average molecular weight is 294 g/mol. The predicted octanol–water partition coefficient (Wildman–Crippen LogP) is 4.33. The molecule has 0 aliphatic carbocycles. The van der Waals surface area contributed by atoms with Gasteiger partial charge in [0.15, 0.2) is 11.5 Å². The minimum absolute atomic E-state index is 0.0209. The van der Waals surface area contributed by atoms with Crippen molar-refractivity contribution in [1.29, 1.82) is 0 Å². The zero-order valence-electron chi connectivity index (χ0n) is 10.8. The standard InChI is InChI=1S/C15H13ClFNO2/c1-2-20-14-5-3-4-10(15(14)19)9-18-13-7-6-11(16)8-12(13)17/h3-9,19H,2H2,1H3. The lowest BCUT2D eigenvalue weighted by Gasteiger charge is -2.07. The molecule has 0 bridgehead atoms. The molecule has 104 valence electrons. The summed E-state index contributed by atoms with van der Waals surface area (Å²) in [4.78, 5) is 4.01. The molecule has 0 aliphatic heterocycles. The van der Waals surface area contributed by atoms with E-state index in [1.807, 2.05) is 6.92 Å². The number of halogens is 2. The second kappa shape index (κ2) is 6.39. The number of phenolic OH excluding ortho intramolecular Hbond substituents is 1. The Hall–Kier alpha value is -2.07. The van der Waals surface area contributed by atoms with Gasteiger partial charge in [0.25, 0.3) is 0 Å². The number of rotatable bonds is 4. The number of hydrogen-bond acceptors (Lipinski definition) is 3. The van der Waals surface area contributed by atoms with Crippen LogP contribution in [-0.4, -0.2) is 17.9 Å². The van der Waals surface area contributed by atoms with Crippen molar-refractivity contribution in [3.8, 4) is 11.5 Å². The van der Waals surface area contributed by atoms with Crippen molar-refractivity contribution in [2.45, 2.75) is 6.92 Å². The molecule has 1 N–H and O–H groups in total. The second-order valence-electron chi connectivity index (χ2n) is 3.98. The molecule has 0 spiro atoms. The van der Waals surface area contributed by atoms with Gasteiger partial charge in [-0.3, -0.25) is 4.99 Å². The van der Waals surface area contributed by atoms with Crippen LogP contribution in [0.1, 0.15) is 12.5 Å². The maximum Gasteiger partial charge on any atom is 0.166 e. The summed E-state index contributed by atoms with van der Waals surface area (Å²) in [6.45, 7) is 2.27. The molecule has 0 saturated heterocycles. The number of benzene rings is 2. The summed E-state index contributed by atoms with van der Waals surface area (Å²) in [5.74, 6) is -0.172. The zero-order chi connectivity index (χ0) is 14.5. The van der Waals surface area contributed by atoms with Crippen LogP contribution in [0.5, 0.6) is 11.5 Å². The number of phenols is 1. The number of aromatic hydroxyl groups is 1. The third-order valence-electron chi connectivity index (χ3n) is 2.58. The second-order valence-corrected chi connectivity index (χ2v) is 4.42. The van der Waals surface area contributed by atoms with Crippen LogP contribution in [0.3, 0.4) is 0 Å². The van der Waals surface area contributed by atoms with E-state index in [4.69, 9.17) is 16.3 Å². The molecule has 0 heterocycles. The highest BCUT2D eigenvalue weighted by atomic mass is 35.5. The number of nitrogens with zero attached hydrogens (tertiary/aromatic N) is 1. The van der Waals surface area contributed by atoms with Gasteiger partial charge in [-0.15, -0.1) is 0 Å². The van der Waals surface area contributed by atoms with Crippen LogP contribution in [0.4, 0.5) is 10.1 Å². The van der Waals surface area contributed by atoms with Crippen LogP contribution in [-0.2, 0) is 0 Å². The van der Waals surface area contributed by atoms with Gasteiger partial charge in [0.2, 0.25) is 0 Å². The molecule has 2 aromatic carbocycles. The summed E-state index contributed by atoms with van der Waals surface area (Å²) in [6, 6.07) is 9.24. The Labute approximate surface area is 121 Å². The zero-order valence-corrected chi connectivity index (χ0v) is 11.6. The Bertz CT molecular complexity index is 644. The number of ether oxygens (including phenoxy) is 1. The highest BCUT2D eigenvalue weighted by Crippen LogP contribution is 2.29. The number of hydrogen-bond donors (Lipinski definition) is 1. The van der Waals surface area contributed by atoms with E-state index in [1.54, 1.807) is 24.3 Å². The van der Waals surface area contributed by atoms with E-state index in [9.17, 15) is 9.50 Å². The molecule has 20 heavy (non-hydrogen) atoms. The Morgan fingerprint density at radius 3 is 2.85 bits per heavy atom. The molecule has 5 heteroatoms. The van der Waals surface area contributed by atoms with Gasteiger partial charge in [0, 0.05) is 16.8 Å². The van der Waals surface area contributed by atoms with E-state index in [0.717, 1.165) is 0 Å². The van der Waals surface area contributed by atoms with E-state index in [2.05, 4.69) is 4.99 Å². The molecule has 0 aromatic heterocycles. The van der Waals surface area contributed by atoms with Gasteiger partial charge in [0.05, 0.1) is 12.3 Å². The predicted molar refractivity (Wildman–Crippen MR) is 77.9 cm³/mol. The monoisotopic (exact) mass is 293 g/mol. The van der Waals surface area contributed by atoms with Crippen LogP contribution < -0.4 is 4.74 Å². The summed E-state index contributed by atoms with van der Waals surface area (Å²) in [5.41, 5.74) is 0.598. The summed E-state index contributed by atoms with van der Waals surface area (Å²) < 4.78 is 18.8. The van der Waals surface area contributed by atoms with Crippen LogP contribution in [0.15, 0.2) is 41.4 Å². The molecule has 2 rings (SSSR count). The molecule has 0 atom stereocenters. The first-order chi connectivity index (χ1) is 9.61. The van der Waals surface area contributed by atoms with Gasteiger partial charge in [-0.1, -0.05) is 17.7 Å². The molecule has 2 aromatic rings. The van der Waals surface area contributed by atoms with E-state index < -0.39 is 5.82 Å². The van der Waals surface area contributed by atoms with Gasteiger partial charge >= 0.3 is 0 Å². The lowest BCUT2D eigenvalue weighted by Crippen LogP contribution is -1.93. The molecule has 0 aliphatic rings. The summed E-state index contributed by atoms with van der Waals surface area (Å²) in [5, 5.41) is 10.3. The number of para-hydroxylation sites is 1. The van der Waals surface area contributed by atoms with Crippen LogP contribution in [0.25, 0.3) is 0 Å². The molecule has 0 saturated carbocycles.